The Morgan fingerprint density at radius 3 is 2.73 bits per heavy atom. The molecule has 6 heteroatoms. The first-order valence-corrected chi connectivity index (χ1v) is 12.7. The smallest absolute Gasteiger partial charge is 0.317 e. The number of thioether (sulfide) groups is 1. The Labute approximate surface area is 185 Å². The van der Waals surface area contributed by atoms with Gasteiger partial charge in [0, 0.05) is 48.5 Å². The number of nitrogens with one attached hydrogen (secondary N) is 2. The maximum Gasteiger partial charge on any atom is 0.317 e. The van der Waals surface area contributed by atoms with Crippen molar-refractivity contribution < 1.29 is 4.79 Å². The van der Waals surface area contributed by atoms with Gasteiger partial charge in [0.05, 0.1) is 5.03 Å². The summed E-state index contributed by atoms with van der Waals surface area (Å²) in [6.45, 7) is 12.1. The standard InChI is InChI=1S/C24H36N4OS/c1-6-9-28-14-16(25-24(29)27(7-2)8-3)12-17-18-10-15(4)11-20-22(18)19(13-21(17)28)23(26-20)30-5/h10-11,16-17,21,26H,6-9,12-14H2,1-5H3,(H,25,29)/t16-,17?,21+/m0/s1. The van der Waals surface area contributed by atoms with E-state index in [4.69, 9.17) is 0 Å². The van der Waals surface area contributed by atoms with Gasteiger partial charge in [-0.1, -0.05) is 13.0 Å². The van der Waals surface area contributed by atoms with E-state index in [1.165, 1.54) is 32.6 Å². The first-order valence-electron chi connectivity index (χ1n) is 11.5. The molecule has 1 fully saturated rings. The van der Waals surface area contributed by atoms with E-state index in [2.05, 4.69) is 47.4 Å². The van der Waals surface area contributed by atoms with Crippen LogP contribution in [0.5, 0.6) is 0 Å². The summed E-state index contributed by atoms with van der Waals surface area (Å²) in [6, 6.07) is 5.48. The number of amides is 2. The van der Waals surface area contributed by atoms with E-state index in [-0.39, 0.29) is 12.1 Å². The van der Waals surface area contributed by atoms with Crippen molar-refractivity contribution >= 4 is 28.7 Å². The Morgan fingerprint density at radius 1 is 1.30 bits per heavy atom. The number of aromatic amines is 1. The topological polar surface area (TPSA) is 51.4 Å². The van der Waals surface area contributed by atoms with E-state index < -0.39 is 0 Å². The van der Waals surface area contributed by atoms with Crippen LogP contribution in [0, 0.1) is 6.92 Å². The zero-order valence-corrected chi connectivity index (χ0v) is 19.9. The van der Waals surface area contributed by atoms with Gasteiger partial charge >= 0.3 is 6.03 Å². The van der Waals surface area contributed by atoms with Crippen LogP contribution in [0.4, 0.5) is 4.79 Å². The first kappa shape index (κ1) is 21.6. The minimum Gasteiger partial charge on any atom is -0.349 e. The molecule has 5 nitrogen and oxygen atoms in total. The van der Waals surface area contributed by atoms with Crippen molar-refractivity contribution in [3.05, 3.63) is 28.8 Å². The number of hydrogen-bond donors (Lipinski definition) is 2. The van der Waals surface area contributed by atoms with Crippen LogP contribution in [-0.2, 0) is 6.42 Å². The van der Waals surface area contributed by atoms with Crippen LogP contribution in [0.1, 0.15) is 56.2 Å². The molecule has 2 aliphatic rings. The quantitative estimate of drug-likeness (QED) is 0.653. The molecule has 2 aromatic rings. The van der Waals surface area contributed by atoms with Gasteiger partial charge in [0.1, 0.15) is 0 Å². The minimum atomic E-state index is 0.0806. The van der Waals surface area contributed by atoms with Gasteiger partial charge in [0.25, 0.3) is 0 Å². The number of aromatic nitrogens is 1. The van der Waals surface area contributed by atoms with Crippen LogP contribution >= 0.6 is 11.8 Å². The number of benzene rings is 1. The number of hydrogen-bond acceptors (Lipinski definition) is 3. The van der Waals surface area contributed by atoms with E-state index in [0.29, 0.717) is 12.0 Å². The molecular weight excluding hydrogens is 392 g/mol. The molecule has 1 aromatic heterocycles. The number of piperidine rings is 1. The highest BCUT2D eigenvalue weighted by Gasteiger charge is 2.42. The van der Waals surface area contributed by atoms with Crippen LogP contribution in [0.15, 0.2) is 17.2 Å². The highest BCUT2D eigenvalue weighted by Crippen LogP contribution is 2.46. The number of likely N-dealkylation sites (tertiary alicyclic amines) is 1. The number of nitrogens with zero attached hydrogens (tertiary/aromatic N) is 2. The van der Waals surface area contributed by atoms with Gasteiger partial charge in [-0.2, -0.15) is 0 Å². The molecule has 30 heavy (non-hydrogen) atoms. The van der Waals surface area contributed by atoms with Crippen molar-refractivity contribution in [2.24, 2.45) is 0 Å². The molecule has 0 radical (unpaired) electrons. The summed E-state index contributed by atoms with van der Waals surface area (Å²) in [7, 11) is 0. The molecule has 2 amide bonds. The molecule has 4 rings (SSSR count). The normalized spacial score (nSPS) is 23.4. The lowest BCUT2D eigenvalue weighted by atomic mass is 9.73. The average molecular weight is 429 g/mol. The third kappa shape index (κ3) is 3.73. The number of H-pyrrole nitrogens is 1. The van der Waals surface area contributed by atoms with Crippen molar-refractivity contribution in [2.45, 2.75) is 70.0 Å². The first-order chi connectivity index (χ1) is 14.5. The Morgan fingerprint density at radius 2 is 2.07 bits per heavy atom. The van der Waals surface area contributed by atoms with Crippen molar-refractivity contribution in [2.75, 3.05) is 32.4 Å². The summed E-state index contributed by atoms with van der Waals surface area (Å²) in [5, 5.41) is 6.13. The van der Waals surface area contributed by atoms with E-state index in [9.17, 15) is 4.79 Å². The molecular formula is C24H36N4OS. The van der Waals surface area contributed by atoms with Crippen LogP contribution in [0.25, 0.3) is 10.9 Å². The summed E-state index contributed by atoms with van der Waals surface area (Å²) < 4.78 is 0. The maximum absolute atomic E-state index is 12.8. The fourth-order valence-corrected chi connectivity index (χ4v) is 6.32. The largest absolute Gasteiger partial charge is 0.349 e. The molecule has 1 aromatic carbocycles. The molecule has 1 saturated heterocycles. The van der Waals surface area contributed by atoms with Gasteiger partial charge in [0.2, 0.25) is 0 Å². The summed E-state index contributed by atoms with van der Waals surface area (Å²) in [4.78, 5) is 21.0. The van der Waals surface area contributed by atoms with Crippen molar-refractivity contribution in [3.63, 3.8) is 0 Å². The monoisotopic (exact) mass is 428 g/mol. The molecule has 2 heterocycles. The minimum absolute atomic E-state index is 0.0806. The molecule has 0 bridgehead atoms. The van der Waals surface area contributed by atoms with E-state index >= 15 is 0 Å². The predicted molar refractivity (Wildman–Crippen MR) is 127 cm³/mol. The lowest BCUT2D eigenvalue weighted by Gasteiger charge is -2.47. The van der Waals surface area contributed by atoms with Gasteiger partial charge < -0.3 is 15.2 Å². The predicted octanol–water partition coefficient (Wildman–Crippen LogP) is 4.74. The molecule has 2 N–H and O–H groups in total. The zero-order chi connectivity index (χ0) is 21.4. The summed E-state index contributed by atoms with van der Waals surface area (Å²) in [5.74, 6) is 0.465. The van der Waals surface area contributed by atoms with Crippen LogP contribution in [0.3, 0.4) is 0 Å². The van der Waals surface area contributed by atoms with E-state index in [1.54, 1.807) is 0 Å². The highest BCUT2D eigenvalue weighted by atomic mass is 32.2. The number of carbonyl (C=O) groups excluding carboxylic acids is 1. The van der Waals surface area contributed by atoms with Crippen LogP contribution in [0.2, 0.25) is 0 Å². The average Bonchev–Trinajstić information content (AvgIpc) is 3.07. The van der Waals surface area contributed by atoms with E-state index in [0.717, 1.165) is 45.4 Å². The number of carbonyl (C=O) groups is 1. The third-order valence-electron chi connectivity index (χ3n) is 6.97. The fraction of sp³-hybridized carbons (Fsp3) is 0.625. The molecule has 3 atom stereocenters. The summed E-state index contributed by atoms with van der Waals surface area (Å²) in [5.41, 5.74) is 5.57. The van der Waals surface area contributed by atoms with Gasteiger partial charge in [-0.05, 0) is 75.6 Å². The molecule has 1 aliphatic heterocycles. The zero-order valence-electron chi connectivity index (χ0n) is 19.0. The second-order valence-electron chi connectivity index (χ2n) is 8.84. The lowest BCUT2D eigenvalue weighted by Crippen LogP contribution is -2.57. The molecule has 0 spiro atoms. The van der Waals surface area contributed by atoms with Gasteiger partial charge in [-0.15, -0.1) is 11.8 Å². The molecule has 164 valence electrons. The summed E-state index contributed by atoms with van der Waals surface area (Å²) >= 11 is 1.83. The van der Waals surface area contributed by atoms with Gasteiger partial charge in [0.15, 0.2) is 0 Å². The highest BCUT2D eigenvalue weighted by molar-refractivity contribution is 7.98. The fourth-order valence-electron chi connectivity index (χ4n) is 5.67. The van der Waals surface area contributed by atoms with E-state index in [1.807, 2.05) is 30.5 Å². The number of fused-ring (bicyclic) bond motifs is 2. The third-order valence-corrected chi connectivity index (χ3v) is 7.73. The Kier molecular flexibility index (Phi) is 6.35. The lowest BCUT2D eigenvalue weighted by molar-refractivity contribution is 0.0975. The van der Waals surface area contributed by atoms with Crippen molar-refractivity contribution in [3.8, 4) is 0 Å². The van der Waals surface area contributed by atoms with Crippen molar-refractivity contribution in [1.29, 1.82) is 0 Å². The number of aryl methyl sites for hydroxylation is 1. The molecule has 0 saturated carbocycles. The molecule has 1 unspecified atom stereocenters. The number of urea groups is 1. The van der Waals surface area contributed by atoms with Crippen molar-refractivity contribution in [1.82, 2.24) is 20.1 Å². The Bertz CT molecular complexity index is 920. The number of rotatable bonds is 6. The van der Waals surface area contributed by atoms with Gasteiger partial charge in [-0.3, -0.25) is 4.90 Å². The molecule has 1 aliphatic carbocycles. The Balaban J connectivity index is 1.71. The Hall–Kier alpha value is -1.66. The van der Waals surface area contributed by atoms with Crippen LogP contribution in [-0.4, -0.2) is 65.3 Å². The second-order valence-corrected chi connectivity index (χ2v) is 9.66. The van der Waals surface area contributed by atoms with Crippen LogP contribution < -0.4 is 5.32 Å². The van der Waals surface area contributed by atoms with Gasteiger partial charge in [-0.25, -0.2) is 4.79 Å². The second kappa shape index (κ2) is 8.83. The maximum atomic E-state index is 12.8. The summed E-state index contributed by atoms with van der Waals surface area (Å²) in [6.07, 6.45) is 5.44. The SMILES string of the molecule is CCCN1C[C@@H](NC(=O)N(CC)CC)CC2c3cc(C)cc4[nH]c(SC)c(c34)C[C@H]21.